The maximum Gasteiger partial charge on any atom is 0.242 e. The summed E-state index contributed by atoms with van der Waals surface area (Å²) in [6, 6.07) is 13.0. The average Bonchev–Trinajstić information content (AvgIpc) is 2.71. The Hall–Kier alpha value is -2.58. The lowest BCUT2D eigenvalue weighted by Gasteiger charge is -2.17. The molecule has 0 aromatic heterocycles. The van der Waals surface area contributed by atoms with Gasteiger partial charge in [-0.1, -0.05) is 24.3 Å². The summed E-state index contributed by atoms with van der Waals surface area (Å²) in [7, 11) is -0.385. The van der Waals surface area contributed by atoms with Crippen LogP contribution in [0.2, 0.25) is 0 Å². The Labute approximate surface area is 186 Å². The summed E-state index contributed by atoms with van der Waals surface area (Å²) in [6.07, 6.45) is 0.0988. The molecule has 170 valence electrons. The summed E-state index contributed by atoms with van der Waals surface area (Å²) in [4.78, 5) is 4.90. The smallest absolute Gasteiger partial charge is 0.242 e. The highest BCUT2D eigenvalue weighted by molar-refractivity contribution is 7.89. The number of aliphatic imine (C=N–C) groups is 1. The van der Waals surface area contributed by atoms with Gasteiger partial charge in [0.1, 0.15) is 5.75 Å². The molecule has 0 spiro atoms. The lowest BCUT2D eigenvalue weighted by atomic mass is 10.1. The maximum absolute atomic E-state index is 12.2. The standard InChI is InChI=1S/C23H34N4O3S/c1-7-24-23(26-16-20-11-8-18(4)14-22(20)30-17(2)3)25-15-19-9-12-21(13-10-19)31(28,29)27(5)6/h8-14,17H,7,15-16H2,1-6H3,(H2,24,25,26). The molecule has 2 aromatic carbocycles. The second-order valence-corrected chi connectivity index (χ2v) is 9.91. The Kier molecular flexibility index (Phi) is 8.88. The number of hydrogen-bond acceptors (Lipinski definition) is 4. The number of benzene rings is 2. The lowest BCUT2D eigenvalue weighted by molar-refractivity contribution is 0.239. The van der Waals surface area contributed by atoms with Crippen molar-refractivity contribution in [3.63, 3.8) is 0 Å². The Morgan fingerprint density at radius 2 is 1.77 bits per heavy atom. The van der Waals surface area contributed by atoms with E-state index in [-0.39, 0.29) is 11.0 Å². The molecule has 0 aliphatic heterocycles. The van der Waals surface area contributed by atoms with Crippen LogP contribution >= 0.6 is 0 Å². The van der Waals surface area contributed by atoms with E-state index in [9.17, 15) is 8.42 Å². The molecule has 2 aromatic rings. The molecule has 0 atom stereocenters. The molecule has 0 saturated heterocycles. The Bertz CT molecular complexity index is 984. The third kappa shape index (κ3) is 7.25. The summed E-state index contributed by atoms with van der Waals surface area (Å²) < 4.78 is 31.6. The normalized spacial score (nSPS) is 12.3. The largest absolute Gasteiger partial charge is 0.491 e. The van der Waals surface area contributed by atoms with Crippen molar-refractivity contribution in [2.75, 3.05) is 20.6 Å². The highest BCUT2D eigenvalue weighted by Gasteiger charge is 2.16. The van der Waals surface area contributed by atoms with Gasteiger partial charge < -0.3 is 15.4 Å². The SMILES string of the molecule is CCNC(=NCc1ccc(S(=O)(=O)N(C)C)cc1)NCc1ccc(C)cc1OC(C)C. The molecular formula is C23H34N4O3S. The minimum Gasteiger partial charge on any atom is -0.491 e. The molecule has 0 unspecified atom stereocenters. The molecule has 31 heavy (non-hydrogen) atoms. The van der Waals surface area contributed by atoms with Crippen LogP contribution in [0.4, 0.5) is 0 Å². The van der Waals surface area contributed by atoms with Crippen LogP contribution in [0.1, 0.15) is 37.5 Å². The topological polar surface area (TPSA) is 83.0 Å². The summed E-state index contributed by atoms with van der Waals surface area (Å²) in [5.74, 6) is 1.56. The Morgan fingerprint density at radius 1 is 1.10 bits per heavy atom. The van der Waals surface area contributed by atoms with Crippen molar-refractivity contribution in [2.45, 2.75) is 51.8 Å². The average molecular weight is 447 g/mol. The van der Waals surface area contributed by atoms with Crippen molar-refractivity contribution in [1.82, 2.24) is 14.9 Å². The zero-order valence-corrected chi connectivity index (χ0v) is 20.1. The second-order valence-electron chi connectivity index (χ2n) is 7.76. The number of nitrogens with one attached hydrogen (secondary N) is 2. The number of nitrogens with zero attached hydrogens (tertiary/aromatic N) is 2. The van der Waals surface area contributed by atoms with Gasteiger partial charge >= 0.3 is 0 Å². The number of ether oxygens (including phenoxy) is 1. The van der Waals surface area contributed by atoms with Crippen molar-refractivity contribution in [3.8, 4) is 5.75 Å². The quantitative estimate of drug-likeness (QED) is 0.456. The van der Waals surface area contributed by atoms with Crippen LogP contribution in [-0.2, 0) is 23.1 Å². The first-order chi connectivity index (χ1) is 14.6. The monoisotopic (exact) mass is 446 g/mol. The van der Waals surface area contributed by atoms with E-state index in [1.807, 2.05) is 33.8 Å². The van der Waals surface area contributed by atoms with Gasteiger partial charge in [0.05, 0.1) is 17.5 Å². The first-order valence-corrected chi connectivity index (χ1v) is 11.9. The van der Waals surface area contributed by atoms with E-state index in [4.69, 9.17) is 4.74 Å². The highest BCUT2D eigenvalue weighted by Crippen LogP contribution is 2.21. The summed E-state index contributed by atoms with van der Waals surface area (Å²) in [5.41, 5.74) is 3.14. The molecule has 0 radical (unpaired) electrons. The zero-order valence-electron chi connectivity index (χ0n) is 19.3. The number of sulfonamides is 1. The molecule has 2 N–H and O–H groups in total. The third-order valence-electron chi connectivity index (χ3n) is 4.50. The summed E-state index contributed by atoms with van der Waals surface area (Å²) in [6.45, 7) is 9.83. The van der Waals surface area contributed by atoms with Gasteiger partial charge in [0.2, 0.25) is 10.0 Å². The van der Waals surface area contributed by atoms with E-state index in [0.717, 1.165) is 29.0 Å². The van der Waals surface area contributed by atoms with Crippen LogP contribution in [0.3, 0.4) is 0 Å². The van der Waals surface area contributed by atoms with E-state index in [0.29, 0.717) is 19.0 Å². The van der Waals surface area contributed by atoms with Crippen molar-refractivity contribution in [2.24, 2.45) is 4.99 Å². The van der Waals surface area contributed by atoms with Crippen molar-refractivity contribution in [3.05, 3.63) is 59.2 Å². The predicted molar refractivity (Wildman–Crippen MR) is 126 cm³/mol. The van der Waals surface area contributed by atoms with Gasteiger partial charge in [-0.15, -0.1) is 0 Å². The van der Waals surface area contributed by atoms with Gasteiger partial charge in [-0.2, -0.15) is 0 Å². The van der Waals surface area contributed by atoms with Gasteiger partial charge in [0.25, 0.3) is 0 Å². The molecule has 0 amide bonds. The van der Waals surface area contributed by atoms with Gasteiger partial charge in [-0.25, -0.2) is 17.7 Å². The van der Waals surface area contributed by atoms with Crippen molar-refractivity contribution >= 4 is 16.0 Å². The van der Waals surface area contributed by atoms with Gasteiger partial charge in [-0.3, -0.25) is 0 Å². The number of guanidine groups is 1. The van der Waals surface area contributed by atoms with Crippen LogP contribution in [0.25, 0.3) is 0 Å². The van der Waals surface area contributed by atoms with Gasteiger partial charge in [0.15, 0.2) is 5.96 Å². The molecule has 2 rings (SSSR count). The van der Waals surface area contributed by atoms with Crippen LogP contribution in [0.5, 0.6) is 5.75 Å². The molecule has 0 fully saturated rings. The minimum absolute atomic E-state index is 0.0988. The fourth-order valence-electron chi connectivity index (χ4n) is 2.84. The predicted octanol–water partition coefficient (Wildman–Crippen LogP) is 3.29. The molecule has 0 aliphatic carbocycles. The van der Waals surface area contributed by atoms with Crippen molar-refractivity contribution < 1.29 is 13.2 Å². The fourth-order valence-corrected chi connectivity index (χ4v) is 3.74. The lowest BCUT2D eigenvalue weighted by Crippen LogP contribution is -2.36. The molecular weight excluding hydrogens is 412 g/mol. The van der Waals surface area contributed by atoms with Crippen LogP contribution in [0, 0.1) is 6.92 Å². The molecule has 8 heteroatoms. The van der Waals surface area contributed by atoms with Gasteiger partial charge in [0, 0.05) is 32.7 Å². The summed E-state index contributed by atoms with van der Waals surface area (Å²) in [5, 5.41) is 6.59. The molecule has 0 bridgehead atoms. The molecule has 0 heterocycles. The maximum atomic E-state index is 12.2. The number of rotatable bonds is 9. The molecule has 0 saturated carbocycles. The zero-order chi connectivity index (χ0) is 23.0. The second kappa shape index (κ2) is 11.2. The van der Waals surface area contributed by atoms with Crippen LogP contribution in [-0.4, -0.2) is 45.4 Å². The minimum atomic E-state index is -3.43. The molecule has 0 aliphatic rings. The van der Waals surface area contributed by atoms with E-state index in [2.05, 4.69) is 27.8 Å². The van der Waals surface area contributed by atoms with Crippen LogP contribution < -0.4 is 15.4 Å². The van der Waals surface area contributed by atoms with E-state index >= 15 is 0 Å². The summed E-state index contributed by atoms with van der Waals surface area (Å²) >= 11 is 0. The fraction of sp³-hybridized carbons (Fsp3) is 0.435. The number of aryl methyl sites for hydroxylation is 1. The Morgan fingerprint density at radius 3 is 2.35 bits per heavy atom. The van der Waals surface area contributed by atoms with E-state index < -0.39 is 10.0 Å². The number of hydrogen-bond donors (Lipinski definition) is 2. The van der Waals surface area contributed by atoms with E-state index in [1.54, 1.807) is 24.3 Å². The van der Waals surface area contributed by atoms with Gasteiger partial charge in [-0.05, 0) is 57.0 Å². The first kappa shape index (κ1) is 24.7. The third-order valence-corrected chi connectivity index (χ3v) is 6.33. The van der Waals surface area contributed by atoms with Crippen LogP contribution in [0.15, 0.2) is 52.4 Å². The molecule has 7 nitrogen and oxygen atoms in total. The Balaban J connectivity index is 2.09. The van der Waals surface area contributed by atoms with Crippen molar-refractivity contribution in [1.29, 1.82) is 0 Å². The first-order valence-electron chi connectivity index (χ1n) is 10.4. The highest BCUT2D eigenvalue weighted by atomic mass is 32.2. The van der Waals surface area contributed by atoms with E-state index in [1.165, 1.54) is 18.4 Å².